The molecule has 1 amide bonds. The van der Waals surface area contributed by atoms with Gasteiger partial charge >= 0.3 is 0 Å². The van der Waals surface area contributed by atoms with E-state index in [1.54, 1.807) is 36.4 Å². The summed E-state index contributed by atoms with van der Waals surface area (Å²) in [5, 5.41) is 6.17. The SMILES string of the molecule is CC(NCCNC(=O)c1ccccc1)c1ccc(S(=O)(=O)N(C)C)cc1. The van der Waals surface area contributed by atoms with Gasteiger partial charge in [0.15, 0.2) is 0 Å². The quantitative estimate of drug-likeness (QED) is 0.692. The molecule has 2 aromatic rings. The number of benzene rings is 2. The predicted molar refractivity (Wildman–Crippen MR) is 103 cm³/mol. The highest BCUT2D eigenvalue weighted by atomic mass is 32.2. The summed E-state index contributed by atoms with van der Waals surface area (Å²) in [6.45, 7) is 3.11. The molecule has 1 unspecified atom stereocenters. The molecule has 0 bridgehead atoms. The third-order valence-electron chi connectivity index (χ3n) is 4.06. The number of hydrogen-bond acceptors (Lipinski definition) is 4. The van der Waals surface area contributed by atoms with Crippen LogP contribution in [0, 0.1) is 0 Å². The maximum absolute atomic E-state index is 12.1. The van der Waals surface area contributed by atoms with Gasteiger partial charge in [0.2, 0.25) is 10.0 Å². The fourth-order valence-electron chi connectivity index (χ4n) is 2.41. The van der Waals surface area contributed by atoms with Crippen LogP contribution in [-0.4, -0.2) is 45.8 Å². The van der Waals surface area contributed by atoms with Gasteiger partial charge in [-0.3, -0.25) is 4.79 Å². The molecule has 2 rings (SSSR count). The lowest BCUT2D eigenvalue weighted by Gasteiger charge is -2.16. The number of amides is 1. The summed E-state index contributed by atoms with van der Waals surface area (Å²) in [5.74, 6) is -0.0988. The Morgan fingerprint density at radius 2 is 1.62 bits per heavy atom. The minimum atomic E-state index is -3.41. The summed E-state index contributed by atoms with van der Waals surface area (Å²) in [4.78, 5) is 12.2. The number of rotatable bonds is 8. The third kappa shape index (κ3) is 5.14. The van der Waals surface area contributed by atoms with E-state index in [4.69, 9.17) is 0 Å². The monoisotopic (exact) mass is 375 g/mol. The normalized spacial score (nSPS) is 12.8. The van der Waals surface area contributed by atoms with E-state index in [-0.39, 0.29) is 16.8 Å². The number of nitrogens with zero attached hydrogens (tertiary/aromatic N) is 1. The van der Waals surface area contributed by atoms with Gasteiger partial charge in [-0.2, -0.15) is 0 Å². The van der Waals surface area contributed by atoms with Crippen molar-refractivity contribution in [1.82, 2.24) is 14.9 Å². The van der Waals surface area contributed by atoms with E-state index in [9.17, 15) is 13.2 Å². The summed E-state index contributed by atoms with van der Waals surface area (Å²) in [6.07, 6.45) is 0. The van der Waals surface area contributed by atoms with Gasteiger partial charge in [-0.25, -0.2) is 12.7 Å². The van der Waals surface area contributed by atoms with E-state index in [1.165, 1.54) is 18.4 Å². The van der Waals surface area contributed by atoms with Gasteiger partial charge in [0.25, 0.3) is 5.91 Å². The first-order valence-electron chi connectivity index (χ1n) is 8.41. The molecular weight excluding hydrogens is 350 g/mol. The first-order chi connectivity index (χ1) is 12.3. The van der Waals surface area contributed by atoms with Crippen LogP contribution < -0.4 is 10.6 Å². The second kappa shape index (κ2) is 8.93. The van der Waals surface area contributed by atoms with Crippen molar-refractivity contribution in [2.24, 2.45) is 0 Å². The Labute approximate surface area is 155 Å². The highest BCUT2D eigenvalue weighted by molar-refractivity contribution is 7.89. The smallest absolute Gasteiger partial charge is 0.251 e. The summed E-state index contributed by atoms with van der Waals surface area (Å²) in [6, 6.07) is 15.9. The van der Waals surface area contributed by atoms with Crippen LogP contribution in [0.2, 0.25) is 0 Å². The Balaban J connectivity index is 1.83. The Kier molecular flexibility index (Phi) is 6.90. The molecule has 0 aromatic heterocycles. The molecule has 0 saturated heterocycles. The minimum Gasteiger partial charge on any atom is -0.351 e. The second-order valence-electron chi connectivity index (χ2n) is 6.15. The van der Waals surface area contributed by atoms with Crippen molar-refractivity contribution in [3.8, 4) is 0 Å². The molecular formula is C19H25N3O3S. The van der Waals surface area contributed by atoms with Crippen molar-refractivity contribution in [3.63, 3.8) is 0 Å². The number of hydrogen-bond donors (Lipinski definition) is 2. The lowest BCUT2D eigenvalue weighted by atomic mass is 10.1. The van der Waals surface area contributed by atoms with Crippen LogP contribution in [0.1, 0.15) is 28.9 Å². The molecule has 0 spiro atoms. The molecule has 6 nitrogen and oxygen atoms in total. The molecule has 26 heavy (non-hydrogen) atoms. The molecule has 0 fully saturated rings. The summed E-state index contributed by atoms with van der Waals surface area (Å²) < 4.78 is 25.3. The zero-order valence-electron chi connectivity index (χ0n) is 15.3. The van der Waals surface area contributed by atoms with Crippen molar-refractivity contribution in [1.29, 1.82) is 0 Å². The van der Waals surface area contributed by atoms with Crippen molar-refractivity contribution in [2.75, 3.05) is 27.2 Å². The average Bonchev–Trinajstić information content (AvgIpc) is 2.65. The van der Waals surface area contributed by atoms with E-state index < -0.39 is 10.0 Å². The van der Waals surface area contributed by atoms with Gasteiger partial charge < -0.3 is 10.6 Å². The lowest BCUT2D eigenvalue weighted by Crippen LogP contribution is -2.32. The molecule has 140 valence electrons. The predicted octanol–water partition coefficient (Wildman–Crippen LogP) is 2.02. The Bertz CT molecular complexity index is 819. The van der Waals surface area contributed by atoms with Crippen LogP contribution >= 0.6 is 0 Å². The van der Waals surface area contributed by atoms with Crippen LogP contribution in [-0.2, 0) is 10.0 Å². The van der Waals surface area contributed by atoms with E-state index in [0.29, 0.717) is 18.7 Å². The second-order valence-corrected chi connectivity index (χ2v) is 8.31. The fraction of sp³-hybridized carbons (Fsp3) is 0.316. The molecule has 0 heterocycles. The molecule has 2 N–H and O–H groups in total. The van der Waals surface area contributed by atoms with E-state index in [0.717, 1.165) is 5.56 Å². The maximum atomic E-state index is 12.1. The van der Waals surface area contributed by atoms with Gasteiger partial charge in [-0.05, 0) is 36.8 Å². The topological polar surface area (TPSA) is 78.5 Å². The molecule has 0 aliphatic rings. The zero-order valence-corrected chi connectivity index (χ0v) is 16.1. The summed E-state index contributed by atoms with van der Waals surface area (Å²) in [5.41, 5.74) is 1.62. The molecule has 1 atom stereocenters. The Morgan fingerprint density at radius 1 is 1.00 bits per heavy atom. The molecule has 2 aromatic carbocycles. The van der Waals surface area contributed by atoms with Crippen molar-refractivity contribution < 1.29 is 13.2 Å². The number of nitrogens with one attached hydrogen (secondary N) is 2. The van der Waals surface area contributed by atoms with E-state index in [1.807, 2.05) is 25.1 Å². The van der Waals surface area contributed by atoms with Gasteiger partial charge in [0, 0.05) is 38.8 Å². The Morgan fingerprint density at radius 3 is 2.19 bits per heavy atom. The highest BCUT2D eigenvalue weighted by Crippen LogP contribution is 2.17. The van der Waals surface area contributed by atoms with Crippen LogP contribution in [0.5, 0.6) is 0 Å². The zero-order chi connectivity index (χ0) is 19.2. The van der Waals surface area contributed by atoms with Crippen LogP contribution in [0.15, 0.2) is 59.5 Å². The number of carbonyl (C=O) groups is 1. The number of carbonyl (C=O) groups excluding carboxylic acids is 1. The lowest BCUT2D eigenvalue weighted by molar-refractivity contribution is 0.0953. The fourth-order valence-corrected chi connectivity index (χ4v) is 3.32. The summed E-state index contributed by atoms with van der Waals surface area (Å²) >= 11 is 0. The van der Waals surface area contributed by atoms with Crippen LogP contribution in [0.25, 0.3) is 0 Å². The van der Waals surface area contributed by atoms with Gasteiger partial charge in [-0.15, -0.1) is 0 Å². The minimum absolute atomic E-state index is 0.0414. The largest absolute Gasteiger partial charge is 0.351 e. The van der Waals surface area contributed by atoms with Crippen molar-refractivity contribution >= 4 is 15.9 Å². The van der Waals surface area contributed by atoms with Gasteiger partial charge in [0.05, 0.1) is 4.90 Å². The molecule has 0 saturated carbocycles. The van der Waals surface area contributed by atoms with Crippen molar-refractivity contribution in [3.05, 3.63) is 65.7 Å². The van der Waals surface area contributed by atoms with Crippen LogP contribution in [0.3, 0.4) is 0 Å². The maximum Gasteiger partial charge on any atom is 0.251 e. The van der Waals surface area contributed by atoms with Crippen molar-refractivity contribution in [2.45, 2.75) is 17.9 Å². The van der Waals surface area contributed by atoms with E-state index >= 15 is 0 Å². The highest BCUT2D eigenvalue weighted by Gasteiger charge is 2.17. The number of sulfonamides is 1. The molecule has 0 radical (unpaired) electrons. The first-order valence-corrected chi connectivity index (χ1v) is 9.85. The Hall–Kier alpha value is -2.22. The van der Waals surface area contributed by atoms with E-state index in [2.05, 4.69) is 10.6 Å². The average molecular weight is 375 g/mol. The first kappa shape index (κ1) is 20.1. The molecule has 0 aliphatic heterocycles. The molecule has 0 aliphatic carbocycles. The van der Waals surface area contributed by atoms with Crippen LogP contribution in [0.4, 0.5) is 0 Å². The van der Waals surface area contributed by atoms with Gasteiger partial charge in [0.1, 0.15) is 0 Å². The third-order valence-corrected chi connectivity index (χ3v) is 5.89. The van der Waals surface area contributed by atoms with Gasteiger partial charge in [-0.1, -0.05) is 30.3 Å². The standard InChI is InChI=1S/C19H25N3O3S/c1-15(16-9-11-18(12-10-16)26(24,25)22(2)3)20-13-14-21-19(23)17-7-5-4-6-8-17/h4-12,15,20H,13-14H2,1-3H3,(H,21,23). The molecule has 7 heteroatoms. The summed E-state index contributed by atoms with van der Waals surface area (Å²) in [7, 11) is -0.389.